The van der Waals surface area contributed by atoms with Gasteiger partial charge in [-0.1, -0.05) is 0 Å². The molecule has 7 nitrogen and oxygen atoms in total. The Bertz CT molecular complexity index is 646. The van der Waals surface area contributed by atoms with Gasteiger partial charge in [0.2, 0.25) is 5.65 Å². The number of fused-ring (bicyclic) bond motifs is 1. The Morgan fingerprint density at radius 1 is 1.38 bits per heavy atom. The average Bonchev–Trinajstić information content (AvgIpc) is 2.88. The first-order valence-electron chi connectivity index (χ1n) is 7.28. The Morgan fingerprint density at radius 3 is 2.86 bits per heavy atom. The zero-order valence-corrected chi connectivity index (χ0v) is 12.0. The molecule has 21 heavy (non-hydrogen) atoms. The van der Waals surface area contributed by atoms with E-state index in [4.69, 9.17) is 5.11 Å². The van der Waals surface area contributed by atoms with Crippen molar-refractivity contribution < 1.29 is 9.90 Å². The largest absolute Gasteiger partial charge is 0.481 e. The van der Waals surface area contributed by atoms with Gasteiger partial charge in [0.1, 0.15) is 5.82 Å². The van der Waals surface area contributed by atoms with Gasteiger partial charge in [0, 0.05) is 18.9 Å². The standard InChI is InChI=1S/C14H19N5O2/c1-9-17-18-13-12(15-6-7-19(9)13)16-8-10-2-4-11(5-3-10)14(20)21/h6-7,10-11H,2-5,8H2,1H3,(H,15,16)(H,20,21). The maximum atomic E-state index is 10.9. The van der Waals surface area contributed by atoms with Crippen molar-refractivity contribution in [2.45, 2.75) is 32.6 Å². The predicted octanol–water partition coefficient (Wildman–Crippen LogP) is 1.74. The van der Waals surface area contributed by atoms with Gasteiger partial charge in [-0.3, -0.25) is 9.20 Å². The molecule has 0 bridgehead atoms. The van der Waals surface area contributed by atoms with Crippen LogP contribution in [-0.2, 0) is 4.79 Å². The van der Waals surface area contributed by atoms with Crippen LogP contribution in [0.15, 0.2) is 12.4 Å². The van der Waals surface area contributed by atoms with E-state index in [-0.39, 0.29) is 5.92 Å². The molecule has 0 spiro atoms. The fourth-order valence-electron chi connectivity index (χ4n) is 2.92. The molecular formula is C14H19N5O2. The van der Waals surface area contributed by atoms with E-state index in [1.54, 1.807) is 6.20 Å². The lowest BCUT2D eigenvalue weighted by molar-refractivity contribution is -0.143. The summed E-state index contributed by atoms with van der Waals surface area (Å²) in [6, 6.07) is 0. The van der Waals surface area contributed by atoms with Crippen LogP contribution in [0.2, 0.25) is 0 Å². The van der Waals surface area contributed by atoms with Crippen LogP contribution in [-0.4, -0.2) is 37.2 Å². The number of anilines is 1. The van der Waals surface area contributed by atoms with E-state index >= 15 is 0 Å². The summed E-state index contributed by atoms with van der Waals surface area (Å²) < 4.78 is 1.90. The molecule has 0 radical (unpaired) electrons. The van der Waals surface area contributed by atoms with Gasteiger partial charge in [0.15, 0.2) is 5.82 Å². The first-order valence-corrected chi connectivity index (χ1v) is 7.28. The van der Waals surface area contributed by atoms with E-state index in [0.29, 0.717) is 5.92 Å². The molecule has 0 amide bonds. The Labute approximate surface area is 122 Å². The van der Waals surface area contributed by atoms with Crippen LogP contribution >= 0.6 is 0 Å². The third kappa shape index (κ3) is 2.81. The number of nitrogens with one attached hydrogen (secondary N) is 1. The fourth-order valence-corrected chi connectivity index (χ4v) is 2.92. The number of hydrogen-bond acceptors (Lipinski definition) is 5. The molecule has 1 fully saturated rings. The third-order valence-electron chi connectivity index (χ3n) is 4.25. The van der Waals surface area contributed by atoms with Gasteiger partial charge < -0.3 is 10.4 Å². The number of hydrogen-bond donors (Lipinski definition) is 2. The molecular weight excluding hydrogens is 270 g/mol. The Balaban J connectivity index is 1.61. The van der Waals surface area contributed by atoms with Crippen LogP contribution in [0.5, 0.6) is 0 Å². The lowest BCUT2D eigenvalue weighted by Gasteiger charge is -2.26. The van der Waals surface area contributed by atoms with Crippen LogP contribution in [0.4, 0.5) is 5.82 Å². The van der Waals surface area contributed by atoms with Crippen molar-refractivity contribution in [1.82, 2.24) is 19.6 Å². The van der Waals surface area contributed by atoms with Crippen molar-refractivity contribution in [2.75, 3.05) is 11.9 Å². The van der Waals surface area contributed by atoms with Crippen molar-refractivity contribution in [3.05, 3.63) is 18.2 Å². The van der Waals surface area contributed by atoms with Crippen LogP contribution in [0.1, 0.15) is 31.5 Å². The molecule has 112 valence electrons. The van der Waals surface area contributed by atoms with E-state index in [1.807, 2.05) is 17.5 Å². The van der Waals surface area contributed by atoms with Crippen LogP contribution in [0, 0.1) is 18.8 Å². The molecule has 3 rings (SSSR count). The van der Waals surface area contributed by atoms with Gasteiger partial charge in [0.25, 0.3) is 0 Å². The molecule has 0 unspecified atom stereocenters. The van der Waals surface area contributed by atoms with Gasteiger partial charge in [-0.25, -0.2) is 4.98 Å². The summed E-state index contributed by atoms with van der Waals surface area (Å²) in [5.74, 6) is 1.23. The number of aliphatic carboxylic acids is 1. The molecule has 1 aliphatic carbocycles. The average molecular weight is 289 g/mol. The minimum absolute atomic E-state index is 0.165. The van der Waals surface area contributed by atoms with Crippen molar-refractivity contribution >= 4 is 17.4 Å². The van der Waals surface area contributed by atoms with E-state index < -0.39 is 5.97 Å². The second-order valence-electron chi connectivity index (χ2n) is 5.65. The molecule has 0 aliphatic heterocycles. The highest BCUT2D eigenvalue weighted by Gasteiger charge is 2.25. The zero-order chi connectivity index (χ0) is 14.8. The van der Waals surface area contributed by atoms with Gasteiger partial charge in [0.05, 0.1) is 5.92 Å². The second-order valence-corrected chi connectivity index (χ2v) is 5.65. The maximum Gasteiger partial charge on any atom is 0.306 e. The SMILES string of the molecule is Cc1nnc2c(NCC3CCC(C(=O)O)CC3)nccn12. The normalized spacial score (nSPS) is 22.3. The first kappa shape index (κ1) is 13.8. The molecule has 0 aromatic carbocycles. The molecule has 0 saturated heterocycles. The first-order chi connectivity index (χ1) is 10.1. The van der Waals surface area contributed by atoms with Crippen molar-refractivity contribution in [3.8, 4) is 0 Å². The Morgan fingerprint density at radius 2 is 2.14 bits per heavy atom. The summed E-state index contributed by atoms with van der Waals surface area (Å²) in [7, 11) is 0. The molecule has 2 aromatic heterocycles. The molecule has 0 atom stereocenters. The number of nitrogens with zero attached hydrogens (tertiary/aromatic N) is 4. The summed E-state index contributed by atoms with van der Waals surface area (Å²) in [4.78, 5) is 15.3. The number of rotatable bonds is 4. The quantitative estimate of drug-likeness (QED) is 0.890. The molecule has 1 saturated carbocycles. The van der Waals surface area contributed by atoms with Crippen molar-refractivity contribution in [1.29, 1.82) is 0 Å². The van der Waals surface area contributed by atoms with E-state index in [9.17, 15) is 4.79 Å². The molecule has 2 heterocycles. The Hall–Kier alpha value is -2.18. The smallest absolute Gasteiger partial charge is 0.306 e. The summed E-state index contributed by atoms with van der Waals surface area (Å²) in [6.07, 6.45) is 6.99. The van der Waals surface area contributed by atoms with Gasteiger partial charge in [-0.15, -0.1) is 10.2 Å². The highest BCUT2D eigenvalue weighted by Crippen LogP contribution is 2.29. The lowest BCUT2D eigenvalue weighted by atomic mass is 9.82. The minimum Gasteiger partial charge on any atom is -0.481 e. The number of carbonyl (C=O) groups is 1. The highest BCUT2D eigenvalue weighted by atomic mass is 16.4. The van der Waals surface area contributed by atoms with Gasteiger partial charge >= 0.3 is 5.97 Å². The van der Waals surface area contributed by atoms with E-state index in [1.165, 1.54) is 0 Å². The predicted molar refractivity (Wildman–Crippen MR) is 77.1 cm³/mol. The molecule has 7 heteroatoms. The van der Waals surface area contributed by atoms with Crippen molar-refractivity contribution in [3.63, 3.8) is 0 Å². The molecule has 2 aromatic rings. The second kappa shape index (κ2) is 5.67. The minimum atomic E-state index is -0.660. The number of aryl methyl sites for hydroxylation is 1. The van der Waals surface area contributed by atoms with E-state index in [2.05, 4.69) is 20.5 Å². The fraction of sp³-hybridized carbons (Fsp3) is 0.571. The monoisotopic (exact) mass is 289 g/mol. The van der Waals surface area contributed by atoms with Crippen LogP contribution in [0.3, 0.4) is 0 Å². The molecule has 1 aliphatic rings. The van der Waals surface area contributed by atoms with Crippen LogP contribution in [0.25, 0.3) is 5.65 Å². The number of carboxylic acid groups (broad SMARTS) is 1. The van der Waals surface area contributed by atoms with Crippen LogP contribution < -0.4 is 5.32 Å². The summed E-state index contributed by atoms with van der Waals surface area (Å²) in [6.45, 7) is 2.70. The summed E-state index contributed by atoms with van der Waals surface area (Å²) >= 11 is 0. The lowest BCUT2D eigenvalue weighted by Crippen LogP contribution is -2.25. The number of aromatic nitrogens is 4. The van der Waals surface area contributed by atoms with Gasteiger partial charge in [-0.05, 0) is 38.5 Å². The Kier molecular flexibility index (Phi) is 3.72. The topological polar surface area (TPSA) is 92.4 Å². The summed E-state index contributed by atoms with van der Waals surface area (Å²) in [5.41, 5.74) is 0.731. The molecule has 2 N–H and O–H groups in total. The number of carboxylic acids is 1. The van der Waals surface area contributed by atoms with Crippen molar-refractivity contribution in [2.24, 2.45) is 11.8 Å². The summed E-state index contributed by atoms with van der Waals surface area (Å²) in [5, 5.41) is 20.5. The van der Waals surface area contributed by atoms with E-state index in [0.717, 1.165) is 49.5 Å². The van der Waals surface area contributed by atoms with Gasteiger partial charge in [-0.2, -0.15) is 0 Å². The maximum absolute atomic E-state index is 10.9. The highest BCUT2D eigenvalue weighted by molar-refractivity contribution is 5.70. The zero-order valence-electron chi connectivity index (χ0n) is 12.0. The third-order valence-corrected chi connectivity index (χ3v) is 4.25.